The molecule has 9 heteroatoms. The van der Waals surface area contributed by atoms with Crippen molar-refractivity contribution in [1.29, 1.82) is 0 Å². The van der Waals surface area contributed by atoms with Gasteiger partial charge in [-0.05, 0) is 0 Å². The minimum atomic E-state index is -1.00. The van der Waals surface area contributed by atoms with E-state index in [1.807, 2.05) is 0 Å². The number of hydrogen-bond acceptors (Lipinski definition) is 5. The second-order valence-corrected chi connectivity index (χ2v) is 4.16. The first-order chi connectivity index (χ1) is 9.99. The first kappa shape index (κ1) is 16.4. The molecule has 2 aromatic rings. The fourth-order valence-corrected chi connectivity index (χ4v) is 1.38. The molecule has 114 valence electrons. The molecule has 0 fully saturated rings. The zero-order chi connectivity index (χ0) is 15.7. The SMILES string of the molecule is N[C@@H](Cc1cnc[nH]1)C(=O)O.O=C(O)CCc1ncc[nH]1. The van der Waals surface area contributed by atoms with Crippen LogP contribution in [0.3, 0.4) is 0 Å². The second-order valence-electron chi connectivity index (χ2n) is 4.16. The van der Waals surface area contributed by atoms with Crippen LogP contribution in [-0.2, 0) is 22.4 Å². The number of aryl methyl sites for hydroxylation is 1. The number of aromatic nitrogens is 4. The molecule has 9 nitrogen and oxygen atoms in total. The Morgan fingerprint density at radius 2 is 2.10 bits per heavy atom. The highest BCUT2D eigenvalue weighted by Crippen LogP contribution is 1.95. The summed E-state index contributed by atoms with van der Waals surface area (Å²) in [7, 11) is 0. The molecule has 0 saturated carbocycles. The number of imidazole rings is 2. The highest BCUT2D eigenvalue weighted by Gasteiger charge is 2.12. The van der Waals surface area contributed by atoms with Crippen molar-refractivity contribution in [2.24, 2.45) is 5.73 Å². The van der Waals surface area contributed by atoms with Gasteiger partial charge in [-0.1, -0.05) is 0 Å². The second kappa shape index (κ2) is 8.48. The lowest BCUT2D eigenvalue weighted by molar-refractivity contribution is -0.139. The van der Waals surface area contributed by atoms with Crippen molar-refractivity contribution >= 4 is 11.9 Å². The van der Waals surface area contributed by atoms with E-state index in [1.54, 1.807) is 18.6 Å². The van der Waals surface area contributed by atoms with E-state index in [2.05, 4.69) is 19.9 Å². The van der Waals surface area contributed by atoms with Crippen LogP contribution in [0.25, 0.3) is 0 Å². The van der Waals surface area contributed by atoms with Crippen molar-refractivity contribution in [3.8, 4) is 0 Å². The average molecular weight is 295 g/mol. The largest absolute Gasteiger partial charge is 0.481 e. The third-order valence-electron chi connectivity index (χ3n) is 2.44. The average Bonchev–Trinajstić information content (AvgIpc) is 3.10. The normalized spacial score (nSPS) is 11.3. The molecule has 0 unspecified atom stereocenters. The summed E-state index contributed by atoms with van der Waals surface area (Å²) in [6.45, 7) is 0. The molecule has 0 spiro atoms. The molecule has 0 aliphatic rings. The summed E-state index contributed by atoms with van der Waals surface area (Å²) >= 11 is 0. The summed E-state index contributed by atoms with van der Waals surface area (Å²) in [6, 6.07) is -0.851. The van der Waals surface area contributed by atoms with Gasteiger partial charge >= 0.3 is 11.9 Å². The van der Waals surface area contributed by atoms with E-state index in [-0.39, 0.29) is 12.8 Å². The molecule has 0 amide bonds. The maximum Gasteiger partial charge on any atom is 0.320 e. The van der Waals surface area contributed by atoms with E-state index in [0.29, 0.717) is 6.42 Å². The highest BCUT2D eigenvalue weighted by atomic mass is 16.4. The van der Waals surface area contributed by atoms with Gasteiger partial charge in [0.1, 0.15) is 11.9 Å². The van der Waals surface area contributed by atoms with Crippen LogP contribution in [0.4, 0.5) is 0 Å². The van der Waals surface area contributed by atoms with Gasteiger partial charge in [0.05, 0.1) is 12.7 Å². The van der Waals surface area contributed by atoms with Crippen LogP contribution in [0.2, 0.25) is 0 Å². The minimum absolute atomic E-state index is 0.132. The van der Waals surface area contributed by atoms with E-state index in [0.717, 1.165) is 11.5 Å². The molecule has 1 atom stereocenters. The molecular weight excluding hydrogens is 278 g/mol. The van der Waals surface area contributed by atoms with Gasteiger partial charge in [0.25, 0.3) is 0 Å². The van der Waals surface area contributed by atoms with Gasteiger partial charge in [-0.25, -0.2) is 9.97 Å². The number of rotatable bonds is 6. The van der Waals surface area contributed by atoms with E-state index in [9.17, 15) is 9.59 Å². The van der Waals surface area contributed by atoms with Gasteiger partial charge in [-0.15, -0.1) is 0 Å². The van der Waals surface area contributed by atoms with Crippen molar-refractivity contribution < 1.29 is 19.8 Å². The maximum atomic E-state index is 10.3. The van der Waals surface area contributed by atoms with Crippen molar-refractivity contribution in [3.63, 3.8) is 0 Å². The predicted octanol–water partition coefficient (Wildman–Crippen LogP) is -0.209. The Labute approximate surface area is 120 Å². The van der Waals surface area contributed by atoms with Gasteiger partial charge in [0, 0.05) is 37.1 Å². The molecule has 21 heavy (non-hydrogen) atoms. The Kier molecular flexibility index (Phi) is 6.61. The molecule has 0 aliphatic heterocycles. The summed E-state index contributed by atoms with van der Waals surface area (Å²) in [5.74, 6) is -1.07. The van der Waals surface area contributed by atoms with Crippen LogP contribution in [0.15, 0.2) is 24.9 Å². The Bertz CT molecular complexity index is 538. The first-order valence-electron chi connectivity index (χ1n) is 6.14. The Balaban J connectivity index is 0.000000211. The van der Waals surface area contributed by atoms with Crippen molar-refractivity contribution in [2.75, 3.05) is 0 Å². The number of carboxylic acids is 2. The maximum absolute atomic E-state index is 10.3. The van der Waals surface area contributed by atoms with Crippen molar-refractivity contribution in [3.05, 3.63) is 36.4 Å². The Hall–Kier alpha value is -2.68. The lowest BCUT2D eigenvalue weighted by atomic mass is 10.2. The minimum Gasteiger partial charge on any atom is -0.481 e. The van der Waals surface area contributed by atoms with Gasteiger partial charge < -0.3 is 25.9 Å². The summed E-state index contributed by atoms with van der Waals surface area (Å²) < 4.78 is 0. The smallest absolute Gasteiger partial charge is 0.320 e. The highest BCUT2D eigenvalue weighted by molar-refractivity contribution is 5.73. The fraction of sp³-hybridized carbons (Fsp3) is 0.333. The summed E-state index contributed by atoms with van der Waals surface area (Å²) in [5, 5.41) is 16.7. The number of aliphatic carboxylic acids is 2. The number of carboxylic acid groups (broad SMARTS) is 2. The number of aromatic amines is 2. The van der Waals surface area contributed by atoms with Crippen LogP contribution in [0, 0.1) is 0 Å². The zero-order valence-electron chi connectivity index (χ0n) is 11.2. The lowest BCUT2D eigenvalue weighted by Gasteiger charge is -2.02. The predicted molar refractivity (Wildman–Crippen MR) is 72.4 cm³/mol. The first-order valence-corrected chi connectivity index (χ1v) is 6.14. The standard InChI is InChI=1S/C6H9N3O2.C6H8N2O2/c7-5(6(10)11)1-4-2-8-3-9-4;9-6(10)2-1-5-7-3-4-8-5/h2-3,5H,1,7H2,(H,8,9)(H,10,11);3-4H,1-2H2,(H,7,8)(H,9,10)/t5-;/m0./s1. The molecule has 0 bridgehead atoms. The van der Waals surface area contributed by atoms with Crippen LogP contribution in [-0.4, -0.2) is 48.1 Å². The topological polar surface area (TPSA) is 158 Å². The van der Waals surface area contributed by atoms with Gasteiger partial charge in [-0.3, -0.25) is 9.59 Å². The molecule has 2 rings (SSSR count). The molecule has 2 heterocycles. The Morgan fingerprint density at radius 3 is 2.57 bits per heavy atom. The molecular formula is C12H17N5O4. The number of nitrogens with two attached hydrogens (primary N) is 1. The van der Waals surface area contributed by atoms with E-state index < -0.39 is 18.0 Å². The number of nitrogens with one attached hydrogen (secondary N) is 2. The van der Waals surface area contributed by atoms with Gasteiger partial charge in [0.2, 0.25) is 0 Å². The summed E-state index contributed by atoms with van der Waals surface area (Å²) in [6.07, 6.45) is 7.23. The van der Waals surface area contributed by atoms with E-state index in [4.69, 9.17) is 15.9 Å². The van der Waals surface area contributed by atoms with Gasteiger partial charge in [0.15, 0.2) is 0 Å². The number of nitrogens with zero attached hydrogens (tertiary/aromatic N) is 2. The monoisotopic (exact) mass is 295 g/mol. The van der Waals surface area contributed by atoms with Crippen molar-refractivity contribution in [2.45, 2.75) is 25.3 Å². The third-order valence-corrected chi connectivity index (χ3v) is 2.44. The quantitative estimate of drug-likeness (QED) is 0.493. The number of H-pyrrole nitrogens is 2. The third kappa shape index (κ3) is 6.87. The van der Waals surface area contributed by atoms with Crippen LogP contribution in [0.1, 0.15) is 17.9 Å². The summed E-state index contributed by atoms with van der Waals surface area (Å²) in [4.78, 5) is 33.5. The van der Waals surface area contributed by atoms with Crippen LogP contribution < -0.4 is 5.73 Å². The molecule has 2 aromatic heterocycles. The number of hydrogen-bond donors (Lipinski definition) is 5. The van der Waals surface area contributed by atoms with E-state index >= 15 is 0 Å². The fourth-order valence-electron chi connectivity index (χ4n) is 1.38. The molecule has 0 saturated heterocycles. The van der Waals surface area contributed by atoms with E-state index in [1.165, 1.54) is 6.33 Å². The Morgan fingerprint density at radius 1 is 1.33 bits per heavy atom. The van der Waals surface area contributed by atoms with Crippen molar-refractivity contribution in [1.82, 2.24) is 19.9 Å². The molecule has 0 aromatic carbocycles. The van der Waals surface area contributed by atoms with Crippen LogP contribution >= 0.6 is 0 Å². The molecule has 6 N–H and O–H groups in total. The lowest BCUT2D eigenvalue weighted by Crippen LogP contribution is -2.32. The van der Waals surface area contributed by atoms with Crippen LogP contribution in [0.5, 0.6) is 0 Å². The molecule has 0 aliphatic carbocycles. The molecule has 0 radical (unpaired) electrons. The zero-order valence-corrected chi connectivity index (χ0v) is 11.2. The number of carbonyl (C=O) groups is 2. The van der Waals surface area contributed by atoms with Gasteiger partial charge in [-0.2, -0.15) is 0 Å². The summed E-state index contributed by atoms with van der Waals surface area (Å²) in [5.41, 5.74) is 6.00.